The van der Waals surface area contributed by atoms with Gasteiger partial charge in [-0.2, -0.15) is 0 Å². The van der Waals surface area contributed by atoms with Gasteiger partial charge in [0.15, 0.2) is 0 Å². The van der Waals surface area contributed by atoms with Crippen molar-refractivity contribution in [2.24, 2.45) is 0 Å². The molecule has 0 heterocycles. The van der Waals surface area contributed by atoms with Crippen LogP contribution in [0.5, 0.6) is 0 Å². The summed E-state index contributed by atoms with van der Waals surface area (Å²) in [5, 5.41) is 12.9. The van der Waals surface area contributed by atoms with E-state index in [2.05, 4.69) is 44.3 Å². The van der Waals surface area contributed by atoms with Gasteiger partial charge in [0.1, 0.15) is 0 Å². The Bertz CT molecular complexity index is 352. The second kappa shape index (κ2) is 6.74. The van der Waals surface area contributed by atoms with Crippen molar-refractivity contribution in [3.8, 4) is 0 Å². The number of aliphatic hydroxyl groups is 1. The molecule has 0 aliphatic heterocycles. The van der Waals surface area contributed by atoms with E-state index >= 15 is 0 Å². The van der Waals surface area contributed by atoms with Crippen molar-refractivity contribution in [3.05, 3.63) is 34.9 Å². The number of nitrogens with one attached hydrogen (secondary N) is 1. The first kappa shape index (κ1) is 14.2. The Labute approximate surface area is 104 Å². The highest BCUT2D eigenvalue weighted by atomic mass is 16.5. The second-order valence-electron chi connectivity index (χ2n) is 4.60. The number of hydrogen-bond acceptors (Lipinski definition) is 3. The summed E-state index contributed by atoms with van der Waals surface area (Å²) >= 11 is 0. The Kier molecular flexibility index (Phi) is 5.62. The van der Waals surface area contributed by atoms with E-state index in [4.69, 9.17) is 4.74 Å². The molecule has 2 atom stereocenters. The normalized spacial score (nSPS) is 14.6. The first-order valence-electron chi connectivity index (χ1n) is 6.02. The Morgan fingerprint density at radius 3 is 2.71 bits per heavy atom. The van der Waals surface area contributed by atoms with Gasteiger partial charge in [0.05, 0.1) is 12.7 Å². The predicted molar refractivity (Wildman–Crippen MR) is 70.2 cm³/mol. The van der Waals surface area contributed by atoms with Crippen molar-refractivity contribution < 1.29 is 9.84 Å². The Hall–Kier alpha value is -0.900. The average molecular weight is 237 g/mol. The summed E-state index contributed by atoms with van der Waals surface area (Å²) in [6, 6.07) is 6.68. The molecule has 1 aromatic carbocycles. The summed E-state index contributed by atoms with van der Waals surface area (Å²) < 4.78 is 4.89. The van der Waals surface area contributed by atoms with Crippen molar-refractivity contribution in [3.63, 3.8) is 0 Å². The molecular formula is C14H23NO2. The molecule has 0 amide bonds. The van der Waals surface area contributed by atoms with E-state index in [0.29, 0.717) is 13.2 Å². The van der Waals surface area contributed by atoms with E-state index in [-0.39, 0.29) is 6.04 Å². The zero-order valence-electron chi connectivity index (χ0n) is 11.2. The third-order valence-electron chi connectivity index (χ3n) is 2.92. The molecule has 17 heavy (non-hydrogen) atoms. The van der Waals surface area contributed by atoms with Crippen LogP contribution in [0.3, 0.4) is 0 Å². The first-order chi connectivity index (χ1) is 8.04. The highest BCUT2D eigenvalue weighted by molar-refractivity contribution is 5.32. The largest absolute Gasteiger partial charge is 0.389 e. The van der Waals surface area contributed by atoms with E-state index in [1.165, 1.54) is 16.7 Å². The lowest BCUT2D eigenvalue weighted by molar-refractivity contribution is 0.0630. The highest BCUT2D eigenvalue weighted by Gasteiger charge is 2.10. The standard InChI is InChI=1S/C14H23NO2/c1-10-5-6-11(2)14(7-10)12(3)15-8-13(16)9-17-4/h5-7,12-13,15-16H,8-9H2,1-4H3. The van der Waals surface area contributed by atoms with Crippen LogP contribution in [0.1, 0.15) is 29.7 Å². The lowest BCUT2D eigenvalue weighted by atomic mass is 10.00. The number of aryl methyl sites for hydroxylation is 2. The number of hydrogen-bond donors (Lipinski definition) is 2. The quantitative estimate of drug-likeness (QED) is 0.794. The summed E-state index contributed by atoms with van der Waals surface area (Å²) in [5.74, 6) is 0. The van der Waals surface area contributed by atoms with Crippen LogP contribution in [0.2, 0.25) is 0 Å². The molecule has 0 aliphatic rings. The van der Waals surface area contributed by atoms with Gasteiger partial charge in [-0.1, -0.05) is 23.8 Å². The van der Waals surface area contributed by atoms with Gasteiger partial charge in [0.25, 0.3) is 0 Å². The fraction of sp³-hybridized carbons (Fsp3) is 0.571. The maximum absolute atomic E-state index is 9.58. The van der Waals surface area contributed by atoms with E-state index in [0.717, 1.165) is 0 Å². The minimum atomic E-state index is -0.451. The number of aliphatic hydroxyl groups excluding tert-OH is 1. The maximum Gasteiger partial charge on any atom is 0.0897 e. The van der Waals surface area contributed by atoms with Crippen LogP contribution in [0.15, 0.2) is 18.2 Å². The highest BCUT2D eigenvalue weighted by Crippen LogP contribution is 2.18. The van der Waals surface area contributed by atoms with Gasteiger partial charge in [-0.15, -0.1) is 0 Å². The molecule has 0 aromatic heterocycles. The first-order valence-corrected chi connectivity index (χ1v) is 6.02. The SMILES string of the molecule is COCC(O)CNC(C)c1cc(C)ccc1C. The van der Waals surface area contributed by atoms with Crippen LogP contribution in [0, 0.1) is 13.8 Å². The van der Waals surface area contributed by atoms with Gasteiger partial charge in [0.2, 0.25) is 0 Å². The summed E-state index contributed by atoms with van der Waals surface area (Å²) in [6.45, 7) is 7.23. The van der Waals surface area contributed by atoms with Crippen molar-refractivity contribution in [2.75, 3.05) is 20.3 Å². The zero-order chi connectivity index (χ0) is 12.8. The third-order valence-corrected chi connectivity index (χ3v) is 2.92. The molecule has 2 unspecified atom stereocenters. The van der Waals surface area contributed by atoms with Crippen LogP contribution in [-0.2, 0) is 4.74 Å². The van der Waals surface area contributed by atoms with Crippen LogP contribution in [0.4, 0.5) is 0 Å². The lowest BCUT2D eigenvalue weighted by Crippen LogP contribution is -2.32. The lowest BCUT2D eigenvalue weighted by Gasteiger charge is -2.19. The molecule has 0 bridgehead atoms. The van der Waals surface area contributed by atoms with Crippen LogP contribution in [0.25, 0.3) is 0 Å². The van der Waals surface area contributed by atoms with Crippen LogP contribution in [-0.4, -0.2) is 31.5 Å². The Morgan fingerprint density at radius 2 is 2.06 bits per heavy atom. The number of methoxy groups -OCH3 is 1. The molecular weight excluding hydrogens is 214 g/mol. The Balaban J connectivity index is 2.57. The van der Waals surface area contributed by atoms with E-state index in [9.17, 15) is 5.11 Å². The van der Waals surface area contributed by atoms with Crippen molar-refractivity contribution >= 4 is 0 Å². The molecule has 3 nitrogen and oxygen atoms in total. The number of benzene rings is 1. The molecule has 96 valence electrons. The monoisotopic (exact) mass is 237 g/mol. The summed E-state index contributed by atoms with van der Waals surface area (Å²) in [4.78, 5) is 0. The molecule has 0 saturated carbocycles. The van der Waals surface area contributed by atoms with Gasteiger partial charge < -0.3 is 15.2 Å². The fourth-order valence-electron chi connectivity index (χ4n) is 1.90. The minimum Gasteiger partial charge on any atom is -0.389 e. The summed E-state index contributed by atoms with van der Waals surface area (Å²) in [5.41, 5.74) is 3.82. The maximum atomic E-state index is 9.58. The Morgan fingerprint density at radius 1 is 1.35 bits per heavy atom. The van der Waals surface area contributed by atoms with Gasteiger partial charge in [0, 0.05) is 19.7 Å². The van der Waals surface area contributed by atoms with Gasteiger partial charge in [-0.05, 0) is 31.9 Å². The molecule has 0 spiro atoms. The van der Waals surface area contributed by atoms with Crippen LogP contribution < -0.4 is 5.32 Å². The third kappa shape index (κ3) is 4.46. The molecule has 0 saturated heterocycles. The van der Waals surface area contributed by atoms with E-state index in [1.54, 1.807) is 7.11 Å². The molecule has 0 radical (unpaired) electrons. The van der Waals surface area contributed by atoms with Crippen molar-refractivity contribution in [1.82, 2.24) is 5.32 Å². The second-order valence-corrected chi connectivity index (χ2v) is 4.60. The number of rotatable bonds is 6. The average Bonchev–Trinajstić information content (AvgIpc) is 2.29. The van der Waals surface area contributed by atoms with E-state index < -0.39 is 6.10 Å². The minimum absolute atomic E-state index is 0.237. The zero-order valence-corrected chi connectivity index (χ0v) is 11.2. The molecule has 0 fully saturated rings. The van der Waals surface area contributed by atoms with Gasteiger partial charge in [-0.3, -0.25) is 0 Å². The molecule has 2 N–H and O–H groups in total. The smallest absolute Gasteiger partial charge is 0.0897 e. The molecule has 0 aliphatic carbocycles. The van der Waals surface area contributed by atoms with Crippen LogP contribution >= 0.6 is 0 Å². The molecule has 1 aromatic rings. The van der Waals surface area contributed by atoms with Crippen molar-refractivity contribution in [1.29, 1.82) is 0 Å². The topological polar surface area (TPSA) is 41.5 Å². The predicted octanol–water partition coefficient (Wildman–Crippen LogP) is 1.96. The summed E-state index contributed by atoms with van der Waals surface area (Å²) in [7, 11) is 1.59. The number of ether oxygens (including phenoxy) is 1. The summed E-state index contributed by atoms with van der Waals surface area (Å²) in [6.07, 6.45) is -0.451. The molecule has 1 rings (SSSR count). The van der Waals surface area contributed by atoms with E-state index in [1.807, 2.05) is 0 Å². The van der Waals surface area contributed by atoms with Crippen molar-refractivity contribution in [2.45, 2.75) is 32.9 Å². The van der Waals surface area contributed by atoms with Gasteiger partial charge >= 0.3 is 0 Å². The fourth-order valence-corrected chi connectivity index (χ4v) is 1.90. The van der Waals surface area contributed by atoms with Gasteiger partial charge in [-0.25, -0.2) is 0 Å². The molecule has 3 heteroatoms.